The smallest absolute Gasteiger partial charge is 0.234 e. The molecule has 0 radical (unpaired) electrons. The van der Waals surface area contributed by atoms with Gasteiger partial charge in [0.05, 0.1) is 4.83 Å². The van der Waals surface area contributed by atoms with E-state index < -0.39 is 0 Å². The van der Waals surface area contributed by atoms with Gasteiger partial charge in [0, 0.05) is 18.1 Å². The van der Waals surface area contributed by atoms with Crippen LogP contribution in [0.5, 0.6) is 0 Å². The molecular formula is C13H18BrClN2O. The third-order valence-electron chi connectivity index (χ3n) is 2.50. The van der Waals surface area contributed by atoms with Crippen LogP contribution in [0.3, 0.4) is 0 Å². The molecule has 0 aliphatic rings. The molecule has 1 aromatic rings. The van der Waals surface area contributed by atoms with Crippen LogP contribution >= 0.6 is 27.5 Å². The highest BCUT2D eigenvalue weighted by Crippen LogP contribution is 2.19. The number of hydrogen-bond acceptors (Lipinski definition) is 2. The van der Waals surface area contributed by atoms with E-state index in [1.807, 2.05) is 43.3 Å². The molecule has 1 atom stereocenters. The Bertz CT molecular complexity index is 398. The molecule has 5 heteroatoms. The summed E-state index contributed by atoms with van der Waals surface area (Å²) in [6, 6.07) is 7.57. The number of halogens is 2. The fourth-order valence-corrected chi connectivity index (χ4v) is 2.19. The zero-order chi connectivity index (χ0) is 13.5. The maximum atomic E-state index is 11.8. The number of alkyl halides is 1. The van der Waals surface area contributed by atoms with Crippen LogP contribution in [0.1, 0.15) is 5.56 Å². The van der Waals surface area contributed by atoms with Gasteiger partial charge in [0.2, 0.25) is 5.91 Å². The van der Waals surface area contributed by atoms with Crippen molar-refractivity contribution in [2.45, 2.75) is 11.2 Å². The Morgan fingerprint density at radius 2 is 2.11 bits per heavy atom. The summed E-state index contributed by atoms with van der Waals surface area (Å²) >= 11 is 9.46. The summed E-state index contributed by atoms with van der Waals surface area (Å²) in [4.78, 5) is 13.6. The largest absolute Gasteiger partial charge is 0.354 e. The minimum Gasteiger partial charge on any atom is -0.354 e. The summed E-state index contributed by atoms with van der Waals surface area (Å²) in [7, 11) is 3.95. The van der Waals surface area contributed by atoms with Gasteiger partial charge in [-0.3, -0.25) is 4.79 Å². The normalized spacial score (nSPS) is 12.5. The number of amides is 1. The highest BCUT2D eigenvalue weighted by Gasteiger charge is 2.16. The van der Waals surface area contributed by atoms with Gasteiger partial charge in [-0.2, -0.15) is 0 Å². The molecule has 0 aliphatic carbocycles. The molecule has 0 fully saturated rings. The lowest BCUT2D eigenvalue weighted by atomic mass is 10.1. The van der Waals surface area contributed by atoms with Gasteiger partial charge in [0.15, 0.2) is 0 Å². The minimum atomic E-state index is -0.250. The van der Waals surface area contributed by atoms with Crippen molar-refractivity contribution < 1.29 is 4.79 Å². The van der Waals surface area contributed by atoms with Crippen LogP contribution in [0.4, 0.5) is 0 Å². The Balaban J connectivity index is 2.43. The van der Waals surface area contributed by atoms with E-state index in [0.29, 0.717) is 18.0 Å². The van der Waals surface area contributed by atoms with Crippen LogP contribution in [0.15, 0.2) is 24.3 Å². The van der Waals surface area contributed by atoms with E-state index in [2.05, 4.69) is 21.2 Å². The second kappa shape index (κ2) is 7.77. The third kappa shape index (κ3) is 5.38. The van der Waals surface area contributed by atoms with E-state index in [1.165, 1.54) is 0 Å². The predicted octanol–water partition coefficient (Wildman–Crippen LogP) is 2.32. The molecule has 18 heavy (non-hydrogen) atoms. The Morgan fingerprint density at radius 1 is 1.44 bits per heavy atom. The maximum absolute atomic E-state index is 11.8. The first kappa shape index (κ1) is 15.5. The quantitative estimate of drug-likeness (QED) is 0.810. The van der Waals surface area contributed by atoms with E-state index in [1.54, 1.807) is 0 Å². The van der Waals surface area contributed by atoms with Crippen LogP contribution in [-0.2, 0) is 11.2 Å². The molecule has 0 spiro atoms. The summed E-state index contributed by atoms with van der Waals surface area (Å²) in [5, 5.41) is 3.58. The zero-order valence-electron chi connectivity index (χ0n) is 10.6. The van der Waals surface area contributed by atoms with Crippen molar-refractivity contribution in [2.75, 3.05) is 27.2 Å². The molecule has 0 aliphatic heterocycles. The fourth-order valence-electron chi connectivity index (χ4n) is 1.46. The Labute approximate surface area is 122 Å². The van der Waals surface area contributed by atoms with Gasteiger partial charge in [0.1, 0.15) is 0 Å². The van der Waals surface area contributed by atoms with Gasteiger partial charge < -0.3 is 10.2 Å². The van der Waals surface area contributed by atoms with Crippen LogP contribution in [0.2, 0.25) is 5.02 Å². The average molecular weight is 334 g/mol. The average Bonchev–Trinajstić information content (AvgIpc) is 2.31. The van der Waals surface area contributed by atoms with Crippen LogP contribution in [0, 0.1) is 0 Å². The summed E-state index contributed by atoms with van der Waals surface area (Å²) < 4.78 is 0. The number of carbonyl (C=O) groups is 1. The fraction of sp³-hybridized carbons (Fsp3) is 0.462. The van der Waals surface area contributed by atoms with Crippen molar-refractivity contribution in [3.8, 4) is 0 Å². The first-order chi connectivity index (χ1) is 8.50. The van der Waals surface area contributed by atoms with Gasteiger partial charge in [-0.25, -0.2) is 0 Å². The molecule has 3 nitrogen and oxygen atoms in total. The third-order valence-corrected chi connectivity index (χ3v) is 3.61. The number of rotatable bonds is 6. The molecule has 1 rings (SSSR count). The Hall–Kier alpha value is -0.580. The van der Waals surface area contributed by atoms with Crippen molar-refractivity contribution in [3.63, 3.8) is 0 Å². The minimum absolute atomic E-state index is 0.00299. The van der Waals surface area contributed by atoms with Crippen molar-refractivity contribution in [3.05, 3.63) is 34.9 Å². The second-order valence-corrected chi connectivity index (χ2v) is 5.87. The van der Waals surface area contributed by atoms with Crippen LogP contribution < -0.4 is 5.32 Å². The van der Waals surface area contributed by atoms with E-state index >= 15 is 0 Å². The van der Waals surface area contributed by atoms with Crippen LogP contribution in [0.25, 0.3) is 0 Å². The molecule has 0 heterocycles. The van der Waals surface area contributed by atoms with Crippen LogP contribution in [-0.4, -0.2) is 42.8 Å². The summed E-state index contributed by atoms with van der Waals surface area (Å²) in [5.41, 5.74) is 0.976. The predicted molar refractivity (Wildman–Crippen MR) is 79.4 cm³/mol. The number of nitrogens with zero attached hydrogens (tertiary/aromatic N) is 1. The molecule has 1 aromatic carbocycles. The van der Waals surface area contributed by atoms with Gasteiger partial charge >= 0.3 is 0 Å². The van der Waals surface area contributed by atoms with E-state index in [0.717, 1.165) is 12.1 Å². The molecular weight excluding hydrogens is 316 g/mol. The van der Waals surface area contributed by atoms with E-state index in [-0.39, 0.29) is 10.7 Å². The van der Waals surface area contributed by atoms with E-state index in [9.17, 15) is 4.79 Å². The number of hydrogen-bond donors (Lipinski definition) is 1. The second-order valence-electron chi connectivity index (χ2n) is 4.36. The highest BCUT2D eigenvalue weighted by atomic mass is 79.9. The summed E-state index contributed by atoms with van der Waals surface area (Å²) in [6.07, 6.45) is 0.591. The summed E-state index contributed by atoms with van der Waals surface area (Å²) in [6.45, 7) is 1.48. The molecule has 1 unspecified atom stereocenters. The highest BCUT2D eigenvalue weighted by molar-refractivity contribution is 9.10. The lowest BCUT2D eigenvalue weighted by molar-refractivity contribution is -0.120. The monoisotopic (exact) mass is 332 g/mol. The number of carbonyl (C=O) groups excluding carboxylic acids is 1. The molecule has 0 saturated heterocycles. The summed E-state index contributed by atoms with van der Waals surface area (Å²) in [5.74, 6) is -0.00299. The van der Waals surface area contributed by atoms with Gasteiger partial charge in [-0.05, 0) is 32.1 Å². The lowest BCUT2D eigenvalue weighted by Gasteiger charge is -2.14. The topological polar surface area (TPSA) is 32.3 Å². The SMILES string of the molecule is CN(C)CCNC(=O)C(Br)Cc1ccccc1Cl. The molecule has 100 valence electrons. The first-order valence-electron chi connectivity index (χ1n) is 5.80. The maximum Gasteiger partial charge on any atom is 0.234 e. The van der Waals surface area contributed by atoms with Crippen molar-refractivity contribution in [2.24, 2.45) is 0 Å². The Morgan fingerprint density at radius 3 is 2.72 bits per heavy atom. The molecule has 1 N–H and O–H groups in total. The first-order valence-corrected chi connectivity index (χ1v) is 7.10. The van der Waals surface area contributed by atoms with Gasteiger partial charge in [0.25, 0.3) is 0 Å². The van der Waals surface area contributed by atoms with Gasteiger partial charge in [-0.15, -0.1) is 0 Å². The lowest BCUT2D eigenvalue weighted by Crippen LogP contribution is -2.36. The molecule has 0 aromatic heterocycles. The Kier molecular flexibility index (Phi) is 6.68. The standard InChI is InChI=1S/C13H18BrClN2O/c1-17(2)8-7-16-13(18)11(14)9-10-5-3-4-6-12(10)15/h3-6,11H,7-9H2,1-2H3,(H,16,18). The molecule has 0 bridgehead atoms. The number of benzene rings is 1. The van der Waals surface area contributed by atoms with E-state index in [4.69, 9.17) is 11.6 Å². The van der Waals surface area contributed by atoms with Crippen molar-refractivity contribution in [1.82, 2.24) is 10.2 Å². The zero-order valence-corrected chi connectivity index (χ0v) is 13.0. The molecule has 1 amide bonds. The van der Waals surface area contributed by atoms with Gasteiger partial charge in [-0.1, -0.05) is 45.7 Å². The number of likely N-dealkylation sites (N-methyl/N-ethyl adjacent to an activating group) is 1. The van der Waals surface area contributed by atoms with Crippen molar-refractivity contribution >= 4 is 33.4 Å². The number of nitrogens with one attached hydrogen (secondary N) is 1. The van der Waals surface area contributed by atoms with Crippen molar-refractivity contribution in [1.29, 1.82) is 0 Å². The molecule has 0 saturated carbocycles.